The van der Waals surface area contributed by atoms with E-state index in [1.807, 2.05) is 24.3 Å². The molecule has 0 bridgehead atoms. The Morgan fingerprint density at radius 2 is 1.75 bits per heavy atom. The largest absolute Gasteiger partial charge is 1.00 e. The fourth-order valence-corrected chi connectivity index (χ4v) is 1.55. The molecule has 0 radical (unpaired) electrons. The molecule has 0 aliphatic heterocycles. The molecule has 0 unspecified atom stereocenters. The zero-order valence-electron chi connectivity index (χ0n) is 9.19. The van der Waals surface area contributed by atoms with Gasteiger partial charge < -0.3 is 14.6 Å². The van der Waals surface area contributed by atoms with Crippen LogP contribution in [-0.2, 0) is 0 Å². The number of aromatic carboxylic acids is 1. The number of benzene rings is 2. The molecule has 0 aliphatic carbocycles. The van der Waals surface area contributed by atoms with Crippen LogP contribution in [0.15, 0.2) is 36.4 Å². The van der Waals surface area contributed by atoms with Crippen LogP contribution in [-0.4, -0.2) is 13.1 Å². The Morgan fingerprint density at radius 3 is 2.25 bits per heavy atom. The molecule has 0 aliphatic rings. The van der Waals surface area contributed by atoms with Crippen molar-refractivity contribution in [3.05, 3.63) is 42.0 Å². The molecule has 0 N–H and O–H groups in total. The minimum Gasteiger partial charge on any atom is -0.545 e. The second-order valence-electron chi connectivity index (χ2n) is 3.19. The van der Waals surface area contributed by atoms with Gasteiger partial charge in [0.1, 0.15) is 5.75 Å². The molecule has 3 nitrogen and oxygen atoms in total. The molecular formula is C12H9KO3. The Hall–Kier alpha value is -0.394. The summed E-state index contributed by atoms with van der Waals surface area (Å²) in [4.78, 5) is 10.8. The summed E-state index contributed by atoms with van der Waals surface area (Å²) in [5.41, 5.74) is 0.0798. The zero-order valence-corrected chi connectivity index (χ0v) is 12.3. The number of carbonyl (C=O) groups excluding carboxylic acids is 1. The van der Waals surface area contributed by atoms with Crippen molar-refractivity contribution in [2.75, 3.05) is 7.11 Å². The summed E-state index contributed by atoms with van der Waals surface area (Å²) in [7, 11) is 1.44. The Balaban J connectivity index is 0.00000128. The summed E-state index contributed by atoms with van der Waals surface area (Å²) >= 11 is 0. The Morgan fingerprint density at radius 1 is 1.19 bits per heavy atom. The molecule has 0 fully saturated rings. The van der Waals surface area contributed by atoms with E-state index in [0.717, 1.165) is 10.8 Å². The molecule has 0 heterocycles. The van der Waals surface area contributed by atoms with Crippen molar-refractivity contribution in [2.45, 2.75) is 0 Å². The summed E-state index contributed by atoms with van der Waals surface area (Å²) in [6, 6.07) is 10.7. The normalized spacial score (nSPS) is 9.56. The van der Waals surface area contributed by atoms with Crippen LogP contribution in [0.5, 0.6) is 5.75 Å². The van der Waals surface area contributed by atoms with Gasteiger partial charge in [-0.2, -0.15) is 0 Å². The van der Waals surface area contributed by atoms with E-state index in [1.54, 1.807) is 12.1 Å². The first-order valence-electron chi connectivity index (χ1n) is 4.50. The second kappa shape index (κ2) is 5.79. The van der Waals surface area contributed by atoms with Crippen molar-refractivity contribution >= 4 is 16.7 Å². The summed E-state index contributed by atoms with van der Waals surface area (Å²) in [5, 5.41) is 12.6. The van der Waals surface area contributed by atoms with Crippen molar-refractivity contribution in [1.82, 2.24) is 0 Å². The summed E-state index contributed by atoms with van der Waals surface area (Å²) in [6.45, 7) is 0. The predicted octanol–water partition coefficient (Wildman–Crippen LogP) is -1.78. The summed E-state index contributed by atoms with van der Waals surface area (Å²) < 4.78 is 4.99. The minimum atomic E-state index is -1.22. The van der Waals surface area contributed by atoms with Crippen LogP contribution in [0.3, 0.4) is 0 Å². The molecule has 0 saturated heterocycles. The number of carboxylic acids is 1. The van der Waals surface area contributed by atoms with Gasteiger partial charge >= 0.3 is 51.4 Å². The van der Waals surface area contributed by atoms with Gasteiger partial charge in [-0.15, -0.1) is 0 Å². The van der Waals surface area contributed by atoms with Crippen LogP contribution in [0, 0.1) is 0 Å². The number of rotatable bonds is 2. The fourth-order valence-electron chi connectivity index (χ4n) is 1.55. The number of carbonyl (C=O) groups is 1. The van der Waals surface area contributed by atoms with Gasteiger partial charge in [-0.1, -0.05) is 24.3 Å². The monoisotopic (exact) mass is 240 g/mol. The van der Waals surface area contributed by atoms with E-state index in [-0.39, 0.29) is 56.9 Å². The molecule has 0 amide bonds. The van der Waals surface area contributed by atoms with Gasteiger partial charge in [0, 0.05) is 5.56 Å². The van der Waals surface area contributed by atoms with Gasteiger partial charge in [-0.05, 0) is 22.9 Å². The first-order chi connectivity index (χ1) is 7.22. The van der Waals surface area contributed by atoms with Gasteiger partial charge in [0.05, 0.1) is 13.1 Å². The van der Waals surface area contributed by atoms with Crippen LogP contribution < -0.4 is 61.2 Å². The number of ether oxygens (including phenoxy) is 1. The topological polar surface area (TPSA) is 49.4 Å². The Labute approximate surface area is 136 Å². The van der Waals surface area contributed by atoms with E-state index in [0.29, 0.717) is 5.75 Å². The van der Waals surface area contributed by atoms with Crippen LogP contribution in [0.2, 0.25) is 0 Å². The first-order valence-corrected chi connectivity index (χ1v) is 4.50. The molecular weight excluding hydrogens is 231 g/mol. The number of fused-ring (bicyclic) bond motifs is 1. The molecule has 76 valence electrons. The third kappa shape index (κ3) is 2.64. The maximum Gasteiger partial charge on any atom is 1.00 e. The quantitative estimate of drug-likeness (QED) is 0.583. The van der Waals surface area contributed by atoms with Gasteiger partial charge in [0.15, 0.2) is 0 Å². The maximum absolute atomic E-state index is 10.8. The maximum atomic E-state index is 10.8. The van der Waals surface area contributed by atoms with Gasteiger partial charge in [0.25, 0.3) is 0 Å². The summed E-state index contributed by atoms with van der Waals surface area (Å²) in [5.74, 6) is -0.897. The number of hydrogen-bond donors (Lipinski definition) is 0. The van der Waals surface area contributed by atoms with Crippen molar-refractivity contribution in [3.8, 4) is 5.75 Å². The smallest absolute Gasteiger partial charge is 0.545 e. The van der Waals surface area contributed by atoms with E-state index >= 15 is 0 Å². The van der Waals surface area contributed by atoms with Crippen molar-refractivity contribution in [2.24, 2.45) is 0 Å². The molecule has 2 aromatic rings. The van der Waals surface area contributed by atoms with Crippen LogP contribution in [0.25, 0.3) is 10.8 Å². The van der Waals surface area contributed by atoms with E-state index in [9.17, 15) is 9.90 Å². The SMILES string of the molecule is COc1cc2ccccc2cc1C(=O)[O-].[K+]. The van der Waals surface area contributed by atoms with Crippen molar-refractivity contribution in [3.63, 3.8) is 0 Å². The molecule has 0 atom stereocenters. The minimum absolute atomic E-state index is 0. The fraction of sp³-hybridized carbons (Fsp3) is 0.0833. The molecule has 2 aromatic carbocycles. The van der Waals surface area contributed by atoms with Crippen LogP contribution >= 0.6 is 0 Å². The van der Waals surface area contributed by atoms with Gasteiger partial charge in [-0.3, -0.25) is 0 Å². The Kier molecular flexibility index (Phi) is 4.95. The van der Waals surface area contributed by atoms with E-state index in [2.05, 4.69) is 0 Å². The average molecular weight is 240 g/mol. The molecule has 0 saturated carbocycles. The Bertz CT molecular complexity index is 523. The molecule has 4 heteroatoms. The molecule has 0 spiro atoms. The van der Waals surface area contributed by atoms with Gasteiger partial charge in [0.2, 0.25) is 0 Å². The van der Waals surface area contributed by atoms with E-state index < -0.39 is 5.97 Å². The van der Waals surface area contributed by atoms with Crippen LogP contribution in [0.1, 0.15) is 10.4 Å². The zero-order chi connectivity index (χ0) is 10.8. The average Bonchev–Trinajstić information content (AvgIpc) is 2.27. The van der Waals surface area contributed by atoms with E-state index in [1.165, 1.54) is 7.11 Å². The third-order valence-electron chi connectivity index (χ3n) is 2.29. The van der Waals surface area contributed by atoms with Crippen LogP contribution in [0.4, 0.5) is 0 Å². The van der Waals surface area contributed by atoms with Gasteiger partial charge in [-0.25, -0.2) is 0 Å². The summed E-state index contributed by atoms with van der Waals surface area (Å²) in [6.07, 6.45) is 0. The molecule has 0 aromatic heterocycles. The third-order valence-corrected chi connectivity index (χ3v) is 2.29. The van der Waals surface area contributed by atoms with Crippen molar-refractivity contribution in [1.29, 1.82) is 0 Å². The predicted molar refractivity (Wildman–Crippen MR) is 54.8 cm³/mol. The molecule has 2 rings (SSSR count). The second-order valence-corrected chi connectivity index (χ2v) is 3.19. The first kappa shape index (κ1) is 13.7. The number of methoxy groups -OCH3 is 1. The number of carboxylic acid groups (broad SMARTS) is 1. The van der Waals surface area contributed by atoms with Crippen molar-refractivity contribution < 1.29 is 66.0 Å². The van der Waals surface area contributed by atoms with E-state index in [4.69, 9.17) is 4.74 Å². The standard InChI is InChI=1S/C12H10O3.K/c1-15-11-7-9-5-3-2-4-8(9)6-10(11)12(13)14;/h2-7H,1H3,(H,13,14);/q;+1/p-1. The molecule has 16 heavy (non-hydrogen) atoms. The number of hydrogen-bond acceptors (Lipinski definition) is 3.